The molecule has 1 fully saturated rings. The van der Waals surface area contributed by atoms with E-state index in [0.717, 1.165) is 32.8 Å². The highest BCUT2D eigenvalue weighted by molar-refractivity contribution is 5.85. The van der Waals surface area contributed by atoms with E-state index in [0.29, 0.717) is 0 Å². The van der Waals surface area contributed by atoms with Gasteiger partial charge in [0.05, 0.1) is 19.3 Å². The predicted molar refractivity (Wildman–Crippen MR) is 82.2 cm³/mol. The zero-order valence-corrected chi connectivity index (χ0v) is 13.6. The highest BCUT2D eigenvalue weighted by Gasteiger charge is 2.20. The molecule has 1 saturated heterocycles. The number of carbonyl (C=O) groups is 1. The smallest absolute Gasteiger partial charge is 0.237 e. The summed E-state index contributed by atoms with van der Waals surface area (Å²) in [4.78, 5) is 14.1. The van der Waals surface area contributed by atoms with Gasteiger partial charge in [0.15, 0.2) is 0 Å². The second-order valence-electron chi connectivity index (χ2n) is 5.09. The van der Waals surface area contributed by atoms with Crippen molar-refractivity contribution in [2.75, 3.05) is 32.8 Å². The summed E-state index contributed by atoms with van der Waals surface area (Å²) in [6, 6.07) is -0.285. The molecule has 0 saturated carbocycles. The maximum Gasteiger partial charge on any atom is 0.237 e. The van der Waals surface area contributed by atoms with Gasteiger partial charge in [-0.05, 0) is 12.8 Å². The van der Waals surface area contributed by atoms with Gasteiger partial charge in [-0.3, -0.25) is 9.69 Å². The number of hydrogen-bond donors (Lipinski definition) is 2. The van der Waals surface area contributed by atoms with E-state index in [2.05, 4.69) is 10.2 Å². The third-order valence-corrected chi connectivity index (χ3v) is 3.05. The SMILES string of the molecule is CC(CN1CCOCC1)NC(=O)[C@H](N)C(C)C.Cl.Cl. The first-order valence-corrected chi connectivity index (χ1v) is 6.36. The van der Waals surface area contributed by atoms with Gasteiger partial charge in [0, 0.05) is 25.7 Å². The monoisotopic (exact) mass is 315 g/mol. The third kappa shape index (κ3) is 7.95. The summed E-state index contributed by atoms with van der Waals surface area (Å²) >= 11 is 0. The van der Waals surface area contributed by atoms with Crippen LogP contribution < -0.4 is 11.1 Å². The molecule has 2 atom stereocenters. The van der Waals surface area contributed by atoms with Gasteiger partial charge in [-0.2, -0.15) is 0 Å². The summed E-state index contributed by atoms with van der Waals surface area (Å²) in [5.74, 6) is 0.117. The minimum atomic E-state index is -0.415. The molecule has 0 spiro atoms. The van der Waals surface area contributed by atoms with E-state index in [1.165, 1.54) is 0 Å². The minimum Gasteiger partial charge on any atom is -0.379 e. The summed E-state index contributed by atoms with van der Waals surface area (Å²) in [5.41, 5.74) is 5.80. The van der Waals surface area contributed by atoms with Gasteiger partial charge in [-0.25, -0.2) is 0 Å². The van der Waals surface area contributed by atoms with Gasteiger partial charge < -0.3 is 15.8 Å². The first-order valence-electron chi connectivity index (χ1n) is 6.36. The Morgan fingerprint density at radius 2 is 1.79 bits per heavy atom. The highest BCUT2D eigenvalue weighted by Crippen LogP contribution is 2.01. The van der Waals surface area contributed by atoms with E-state index in [4.69, 9.17) is 10.5 Å². The zero-order chi connectivity index (χ0) is 12.8. The molecule has 0 aromatic heterocycles. The number of nitrogens with two attached hydrogens (primary N) is 1. The summed E-state index contributed by atoms with van der Waals surface area (Å²) in [5, 5.41) is 2.96. The molecule has 1 rings (SSSR count). The molecule has 0 aliphatic carbocycles. The van der Waals surface area contributed by atoms with Crippen LogP contribution >= 0.6 is 24.8 Å². The van der Waals surface area contributed by atoms with Crippen LogP contribution in [-0.4, -0.2) is 55.7 Å². The summed E-state index contributed by atoms with van der Waals surface area (Å²) in [6.45, 7) is 10.2. The number of hydrogen-bond acceptors (Lipinski definition) is 4. The van der Waals surface area contributed by atoms with E-state index < -0.39 is 6.04 Å². The molecule has 0 radical (unpaired) electrons. The average Bonchev–Trinajstić information content (AvgIpc) is 2.28. The molecule has 1 amide bonds. The molecule has 7 heteroatoms. The van der Waals surface area contributed by atoms with E-state index in [-0.39, 0.29) is 42.7 Å². The van der Waals surface area contributed by atoms with Crippen LogP contribution in [0, 0.1) is 5.92 Å². The van der Waals surface area contributed by atoms with Crippen molar-refractivity contribution < 1.29 is 9.53 Å². The van der Waals surface area contributed by atoms with Crippen LogP contribution in [0.2, 0.25) is 0 Å². The van der Waals surface area contributed by atoms with Gasteiger partial charge in [0.2, 0.25) is 5.91 Å². The summed E-state index contributed by atoms with van der Waals surface area (Å²) in [6.07, 6.45) is 0. The number of halogens is 2. The Balaban J connectivity index is 0. The lowest BCUT2D eigenvalue weighted by Crippen LogP contribution is -2.51. The maximum absolute atomic E-state index is 11.8. The topological polar surface area (TPSA) is 67.6 Å². The number of amides is 1. The fourth-order valence-corrected chi connectivity index (χ4v) is 1.86. The highest BCUT2D eigenvalue weighted by atomic mass is 35.5. The van der Waals surface area contributed by atoms with Gasteiger partial charge in [0.25, 0.3) is 0 Å². The average molecular weight is 316 g/mol. The first-order chi connectivity index (χ1) is 8.00. The molecule has 3 N–H and O–H groups in total. The molecule has 19 heavy (non-hydrogen) atoms. The Labute approximate surface area is 128 Å². The molecular formula is C12H27Cl2N3O2. The lowest BCUT2D eigenvalue weighted by Gasteiger charge is -2.30. The van der Waals surface area contributed by atoms with Crippen molar-refractivity contribution in [3.8, 4) is 0 Å². The van der Waals surface area contributed by atoms with Gasteiger partial charge in [0.1, 0.15) is 0 Å². The number of morpholine rings is 1. The molecule has 1 unspecified atom stereocenters. The largest absolute Gasteiger partial charge is 0.379 e. The lowest BCUT2D eigenvalue weighted by molar-refractivity contribution is -0.124. The van der Waals surface area contributed by atoms with Crippen LogP contribution in [0.25, 0.3) is 0 Å². The molecule has 116 valence electrons. The molecule has 1 aliphatic heterocycles. The van der Waals surface area contributed by atoms with Crippen molar-refractivity contribution in [2.24, 2.45) is 11.7 Å². The minimum absolute atomic E-state index is 0. The number of ether oxygens (including phenoxy) is 1. The lowest BCUT2D eigenvalue weighted by atomic mass is 10.0. The van der Waals surface area contributed by atoms with E-state index in [9.17, 15) is 4.79 Å². The van der Waals surface area contributed by atoms with Gasteiger partial charge >= 0.3 is 0 Å². The van der Waals surface area contributed by atoms with Crippen LogP contribution in [-0.2, 0) is 9.53 Å². The quantitative estimate of drug-likeness (QED) is 0.781. The summed E-state index contributed by atoms with van der Waals surface area (Å²) < 4.78 is 5.28. The van der Waals surface area contributed by atoms with Gasteiger partial charge in [-0.1, -0.05) is 13.8 Å². The molecule has 1 heterocycles. The van der Waals surface area contributed by atoms with Crippen LogP contribution in [0.4, 0.5) is 0 Å². The van der Waals surface area contributed by atoms with E-state index in [1.54, 1.807) is 0 Å². The Kier molecular flexibility index (Phi) is 11.9. The van der Waals surface area contributed by atoms with Crippen molar-refractivity contribution >= 4 is 30.7 Å². The van der Waals surface area contributed by atoms with E-state index in [1.807, 2.05) is 20.8 Å². The molecule has 0 aromatic rings. The fraction of sp³-hybridized carbons (Fsp3) is 0.917. The predicted octanol–water partition coefficient (Wildman–Crippen LogP) is 0.650. The normalized spacial score (nSPS) is 19.0. The Hall–Kier alpha value is -0.0700. The first kappa shape index (κ1) is 21.2. The molecular weight excluding hydrogens is 289 g/mol. The second kappa shape index (κ2) is 10.7. The zero-order valence-electron chi connectivity index (χ0n) is 11.9. The molecule has 1 aliphatic rings. The second-order valence-corrected chi connectivity index (χ2v) is 5.09. The van der Waals surface area contributed by atoms with Crippen LogP contribution in [0.5, 0.6) is 0 Å². The fourth-order valence-electron chi connectivity index (χ4n) is 1.86. The van der Waals surface area contributed by atoms with Crippen molar-refractivity contribution in [1.82, 2.24) is 10.2 Å². The van der Waals surface area contributed by atoms with Crippen molar-refractivity contribution in [3.05, 3.63) is 0 Å². The number of carbonyl (C=O) groups excluding carboxylic acids is 1. The Bertz CT molecular complexity index is 249. The molecule has 0 bridgehead atoms. The Morgan fingerprint density at radius 3 is 2.26 bits per heavy atom. The number of nitrogens with zero attached hydrogens (tertiary/aromatic N) is 1. The standard InChI is InChI=1S/C12H25N3O2.2ClH/c1-9(2)11(13)12(16)14-10(3)8-15-4-6-17-7-5-15;;/h9-11H,4-8,13H2,1-3H3,(H,14,16);2*1H/t10?,11-;;/m1../s1. The van der Waals surface area contributed by atoms with Crippen LogP contribution in [0.3, 0.4) is 0 Å². The number of rotatable bonds is 5. The third-order valence-electron chi connectivity index (χ3n) is 3.05. The maximum atomic E-state index is 11.8. The molecule has 0 aromatic carbocycles. The van der Waals surface area contributed by atoms with Crippen molar-refractivity contribution in [1.29, 1.82) is 0 Å². The molecule has 5 nitrogen and oxygen atoms in total. The van der Waals surface area contributed by atoms with Crippen molar-refractivity contribution in [2.45, 2.75) is 32.9 Å². The van der Waals surface area contributed by atoms with E-state index >= 15 is 0 Å². The van der Waals surface area contributed by atoms with Crippen molar-refractivity contribution in [3.63, 3.8) is 0 Å². The van der Waals surface area contributed by atoms with Crippen LogP contribution in [0.1, 0.15) is 20.8 Å². The van der Waals surface area contributed by atoms with Gasteiger partial charge in [-0.15, -0.1) is 24.8 Å². The number of nitrogens with one attached hydrogen (secondary N) is 1. The summed E-state index contributed by atoms with van der Waals surface area (Å²) in [7, 11) is 0. The van der Waals surface area contributed by atoms with Crippen LogP contribution in [0.15, 0.2) is 0 Å². The Morgan fingerprint density at radius 1 is 1.26 bits per heavy atom.